The van der Waals surface area contributed by atoms with Gasteiger partial charge in [-0.15, -0.1) is 0 Å². The molecule has 178 valence electrons. The summed E-state index contributed by atoms with van der Waals surface area (Å²) >= 11 is 0. The van der Waals surface area contributed by atoms with E-state index in [1.165, 1.54) is 12.1 Å². The van der Waals surface area contributed by atoms with Gasteiger partial charge in [0.15, 0.2) is 11.5 Å². The van der Waals surface area contributed by atoms with E-state index < -0.39 is 0 Å². The molecule has 6 heteroatoms. The number of aromatic hydroxyl groups is 1. The molecule has 0 atom stereocenters. The predicted molar refractivity (Wildman–Crippen MR) is 137 cm³/mol. The van der Waals surface area contributed by atoms with Gasteiger partial charge in [-0.25, -0.2) is 0 Å². The number of benzene rings is 4. The van der Waals surface area contributed by atoms with E-state index in [2.05, 4.69) is 5.32 Å². The molecule has 6 nitrogen and oxygen atoms in total. The quantitative estimate of drug-likeness (QED) is 0.222. The van der Waals surface area contributed by atoms with E-state index in [-0.39, 0.29) is 17.3 Å². The van der Waals surface area contributed by atoms with Gasteiger partial charge >= 0.3 is 0 Å². The molecule has 0 saturated heterocycles. The molecule has 4 rings (SSSR count). The molecule has 0 aliphatic rings. The Morgan fingerprint density at radius 2 is 1.37 bits per heavy atom. The van der Waals surface area contributed by atoms with Crippen LogP contribution >= 0.6 is 0 Å². The number of anilines is 1. The first-order valence-corrected chi connectivity index (χ1v) is 11.4. The number of carbonyl (C=O) groups is 1. The molecule has 4 aromatic rings. The second-order valence-electron chi connectivity index (χ2n) is 8.11. The van der Waals surface area contributed by atoms with Gasteiger partial charge < -0.3 is 25.6 Å². The number of phenolic OH excluding ortho intramolecular Hbond substituents is 1. The number of amides is 1. The van der Waals surface area contributed by atoms with Crippen molar-refractivity contribution in [3.8, 4) is 17.2 Å². The zero-order valence-electron chi connectivity index (χ0n) is 19.3. The van der Waals surface area contributed by atoms with Gasteiger partial charge in [0.2, 0.25) is 0 Å². The van der Waals surface area contributed by atoms with Gasteiger partial charge in [-0.2, -0.15) is 0 Å². The van der Waals surface area contributed by atoms with Gasteiger partial charge in [-0.1, -0.05) is 66.7 Å². The molecule has 0 bridgehead atoms. The molecule has 0 spiro atoms. The molecular formula is C29H28N2O4. The van der Waals surface area contributed by atoms with Crippen LogP contribution in [0.3, 0.4) is 0 Å². The largest absolute Gasteiger partial charge is 0.506 e. The number of hydrogen-bond acceptors (Lipinski definition) is 5. The SMILES string of the molecule is Nc1ccc(C(=O)NCCc2ccc(OCc3ccccc3)c(OCc3ccccc3)c2)cc1O. The van der Waals surface area contributed by atoms with Crippen molar-refractivity contribution in [2.75, 3.05) is 12.3 Å². The Labute approximate surface area is 204 Å². The summed E-state index contributed by atoms with van der Waals surface area (Å²) in [5.74, 6) is 0.930. The fraction of sp³-hybridized carbons (Fsp3) is 0.138. The maximum atomic E-state index is 12.4. The highest BCUT2D eigenvalue weighted by molar-refractivity contribution is 5.95. The lowest BCUT2D eigenvalue weighted by atomic mass is 10.1. The van der Waals surface area contributed by atoms with Crippen molar-refractivity contribution < 1.29 is 19.4 Å². The second kappa shape index (κ2) is 11.6. The number of ether oxygens (including phenoxy) is 2. The fourth-order valence-electron chi connectivity index (χ4n) is 3.52. The van der Waals surface area contributed by atoms with Gasteiger partial charge in [0.1, 0.15) is 19.0 Å². The zero-order valence-corrected chi connectivity index (χ0v) is 19.3. The molecule has 0 unspecified atom stereocenters. The maximum absolute atomic E-state index is 12.4. The minimum atomic E-state index is -0.274. The molecule has 1 amide bonds. The van der Waals surface area contributed by atoms with Crippen molar-refractivity contribution >= 4 is 11.6 Å². The van der Waals surface area contributed by atoms with E-state index in [0.717, 1.165) is 16.7 Å². The van der Waals surface area contributed by atoms with Crippen LogP contribution in [0, 0.1) is 0 Å². The Hall–Kier alpha value is -4.45. The highest BCUT2D eigenvalue weighted by Crippen LogP contribution is 2.30. The summed E-state index contributed by atoms with van der Waals surface area (Å²) in [6.07, 6.45) is 0.605. The Morgan fingerprint density at radius 3 is 2.00 bits per heavy atom. The van der Waals surface area contributed by atoms with Gasteiger partial charge in [0.25, 0.3) is 5.91 Å². The lowest BCUT2D eigenvalue weighted by Crippen LogP contribution is -2.25. The summed E-state index contributed by atoms with van der Waals surface area (Å²) in [4.78, 5) is 12.4. The van der Waals surface area contributed by atoms with E-state index in [0.29, 0.717) is 43.2 Å². The van der Waals surface area contributed by atoms with Crippen molar-refractivity contribution in [3.05, 3.63) is 119 Å². The lowest BCUT2D eigenvalue weighted by Gasteiger charge is -2.15. The Balaban J connectivity index is 1.41. The van der Waals surface area contributed by atoms with Crippen LogP contribution in [0.4, 0.5) is 5.69 Å². The van der Waals surface area contributed by atoms with Crippen LogP contribution in [0.15, 0.2) is 97.1 Å². The second-order valence-corrected chi connectivity index (χ2v) is 8.11. The number of nitrogen functional groups attached to an aromatic ring is 1. The summed E-state index contributed by atoms with van der Waals surface area (Å²) in [6.45, 7) is 1.28. The van der Waals surface area contributed by atoms with E-state index in [1.807, 2.05) is 78.9 Å². The molecule has 0 aromatic heterocycles. The van der Waals surface area contributed by atoms with Crippen LogP contribution in [0.5, 0.6) is 17.2 Å². The molecule has 0 radical (unpaired) electrons. The van der Waals surface area contributed by atoms with Crippen LogP contribution in [0.2, 0.25) is 0 Å². The molecule has 0 aliphatic carbocycles. The van der Waals surface area contributed by atoms with Crippen LogP contribution in [-0.4, -0.2) is 17.6 Å². The van der Waals surface area contributed by atoms with E-state index in [4.69, 9.17) is 15.2 Å². The van der Waals surface area contributed by atoms with Crippen LogP contribution in [0.25, 0.3) is 0 Å². The minimum absolute atomic E-state index is 0.107. The number of carbonyl (C=O) groups excluding carboxylic acids is 1. The third kappa shape index (κ3) is 6.77. The minimum Gasteiger partial charge on any atom is -0.506 e. The van der Waals surface area contributed by atoms with E-state index in [1.54, 1.807) is 6.07 Å². The summed E-state index contributed by atoms with van der Waals surface area (Å²) in [7, 11) is 0. The lowest BCUT2D eigenvalue weighted by molar-refractivity contribution is 0.0954. The monoisotopic (exact) mass is 468 g/mol. The van der Waals surface area contributed by atoms with Crippen molar-refractivity contribution in [1.29, 1.82) is 0 Å². The topological polar surface area (TPSA) is 93.8 Å². The van der Waals surface area contributed by atoms with Gasteiger partial charge in [0, 0.05) is 12.1 Å². The van der Waals surface area contributed by atoms with Crippen molar-refractivity contribution in [2.45, 2.75) is 19.6 Å². The Morgan fingerprint density at radius 1 is 0.743 bits per heavy atom. The number of nitrogens with two attached hydrogens (primary N) is 1. The predicted octanol–water partition coefficient (Wildman–Crippen LogP) is 5.10. The molecule has 0 aliphatic heterocycles. The summed E-state index contributed by atoms with van der Waals surface area (Å²) in [5.41, 5.74) is 9.33. The summed E-state index contributed by atoms with van der Waals surface area (Å²) in [6, 6.07) is 30.2. The summed E-state index contributed by atoms with van der Waals surface area (Å²) < 4.78 is 12.2. The van der Waals surface area contributed by atoms with Crippen molar-refractivity contribution in [1.82, 2.24) is 5.32 Å². The van der Waals surface area contributed by atoms with Gasteiger partial charge in [-0.3, -0.25) is 4.79 Å². The van der Waals surface area contributed by atoms with E-state index in [9.17, 15) is 9.90 Å². The zero-order chi connectivity index (χ0) is 24.5. The van der Waals surface area contributed by atoms with E-state index >= 15 is 0 Å². The number of phenols is 1. The number of hydrogen-bond donors (Lipinski definition) is 3. The average molecular weight is 469 g/mol. The normalized spacial score (nSPS) is 10.5. The molecular weight excluding hydrogens is 440 g/mol. The van der Waals surface area contributed by atoms with Gasteiger partial charge in [0.05, 0.1) is 5.69 Å². The Kier molecular flexibility index (Phi) is 7.86. The maximum Gasteiger partial charge on any atom is 0.251 e. The van der Waals surface area contributed by atoms with Crippen LogP contribution in [0.1, 0.15) is 27.0 Å². The molecule has 0 fully saturated rings. The first-order valence-electron chi connectivity index (χ1n) is 11.4. The number of nitrogens with one attached hydrogen (secondary N) is 1. The Bertz CT molecular complexity index is 1260. The highest BCUT2D eigenvalue weighted by atomic mass is 16.5. The standard InChI is InChI=1S/C29H28N2O4/c30-25-13-12-24(18-26(25)32)29(33)31-16-15-21-11-14-27(34-19-22-7-3-1-4-8-22)28(17-21)35-20-23-9-5-2-6-10-23/h1-14,17-18,32H,15-16,19-20,30H2,(H,31,33). The fourth-order valence-corrected chi connectivity index (χ4v) is 3.52. The molecule has 0 saturated carbocycles. The van der Waals surface area contributed by atoms with Crippen LogP contribution in [-0.2, 0) is 19.6 Å². The molecule has 0 heterocycles. The van der Waals surface area contributed by atoms with Gasteiger partial charge in [-0.05, 0) is 53.4 Å². The molecule has 35 heavy (non-hydrogen) atoms. The molecule has 4 N–H and O–H groups in total. The summed E-state index contributed by atoms with van der Waals surface area (Å²) in [5, 5.41) is 12.6. The third-order valence-corrected chi connectivity index (χ3v) is 5.47. The third-order valence-electron chi connectivity index (χ3n) is 5.47. The first-order chi connectivity index (χ1) is 17.1. The smallest absolute Gasteiger partial charge is 0.251 e. The first kappa shape index (κ1) is 23.7. The average Bonchev–Trinajstić information content (AvgIpc) is 2.89. The van der Waals surface area contributed by atoms with Crippen molar-refractivity contribution in [3.63, 3.8) is 0 Å². The molecule has 4 aromatic carbocycles. The van der Waals surface area contributed by atoms with Crippen molar-refractivity contribution in [2.24, 2.45) is 0 Å². The number of rotatable bonds is 10. The van der Waals surface area contributed by atoms with Crippen LogP contribution < -0.4 is 20.5 Å². The highest BCUT2D eigenvalue weighted by Gasteiger charge is 2.10.